The van der Waals surface area contributed by atoms with Crippen LogP contribution in [0.4, 0.5) is 4.39 Å². The van der Waals surface area contributed by atoms with Gasteiger partial charge in [0, 0.05) is 6.54 Å². The number of β-lactam (4-membered cyclic amide) rings is 1. The summed E-state index contributed by atoms with van der Waals surface area (Å²) in [6.45, 7) is 0.422. The van der Waals surface area contributed by atoms with Crippen molar-refractivity contribution in [3.05, 3.63) is 83.7 Å². The number of fused-ring (bicyclic) bond motifs is 1. The van der Waals surface area contributed by atoms with Crippen LogP contribution in [0.1, 0.15) is 55.7 Å². The maximum atomic E-state index is 13.7. The number of benzene rings is 3. The molecule has 5 heteroatoms. The van der Waals surface area contributed by atoms with E-state index in [1.54, 1.807) is 17.0 Å². The van der Waals surface area contributed by atoms with Gasteiger partial charge in [-0.3, -0.25) is 9.59 Å². The number of nitrogens with zero attached hydrogens (tertiary/aromatic N) is 1. The zero-order valence-corrected chi connectivity index (χ0v) is 18.0. The molecule has 1 heterocycles. The molecule has 1 unspecified atom stereocenters. The van der Waals surface area contributed by atoms with Crippen molar-refractivity contribution in [2.24, 2.45) is 0 Å². The molecule has 32 heavy (non-hydrogen) atoms. The Hall–Kier alpha value is -3.21. The Bertz CT molecular complexity index is 1150. The van der Waals surface area contributed by atoms with Gasteiger partial charge in [0.25, 0.3) is 0 Å². The van der Waals surface area contributed by atoms with E-state index >= 15 is 0 Å². The third-order valence-electron chi connectivity index (χ3n) is 7.09. The topological polar surface area (TPSA) is 49.4 Å². The van der Waals surface area contributed by atoms with E-state index in [-0.39, 0.29) is 23.7 Å². The fourth-order valence-corrected chi connectivity index (χ4v) is 5.41. The van der Waals surface area contributed by atoms with Gasteiger partial charge in [-0.15, -0.1) is 0 Å². The standard InChI is InChI=1S/C27H27FN2O2/c28-22-13-11-20(12-14-22)24-17-25(31)30(24)27(15-4-1-5-16-27)26(32)29-18-21-9-6-8-19-7-2-3-10-23(19)21/h2-3,6-14,24H,1,4-5,15-18H2,(H,29,32). The second-order valence-electron chi connectivity index (χ2n) is 8.95. The molecule has 5 rings (SSSR count). The Balaban J connectivity index is 1.41. The van der Waals surface area contributed by atoms with Gasteiger partial charge in [0.1, 0.15) is 11.4 Å². The number of hydrogen-bond donors (Lipinski definition) is 1. The Kier molecular flexibility index (Phi) is 5.41. The lowest BCUT2D eigenvalue weighted by atomic mass is 9.75. The highest BCUT2D eigenvalue weighted by Gasteiger charge is 2.54. The summed E-state index contributed by atoms with van der Waals surface area (Å²) in [6, 6.07) is 20.4. The predicted molar refractivity (Wildman–Crippen MR) is 122 cm³/mol. The molecule has 2 amide bonds. The minimum absolute atomic E-state index is 0.00142. The monoisotopic (exact) mass is 430 g/mol. The molecule has 1 saturated heterocycles. The van der Waals surface area contributed by atoms with Crippen LogP contribution in [0.25, 0.3) is 10.8 Å². The molecule has 1 N–H and O–H groups in total. The van der Waals surface area contributed by atoms with E-state index < -0.39 is 5.54 Å². The van der Waals surface area contributed by atoms with Crippen molar-refractivity contribution >= 4 is 22.6 Å². The summed E-state index contributed by atoms with van der Waals surface area (Å²) in [5.41, 5.74) is 1.11. The van der Waals surface area contributed by atoms with Crippen molar-refractivity contribution in [3.63, 3.8) is 0 Å². The van der Waals surface area contributed by atoms with Gasteiger partial charge in [0.15, 0.2) is 0 Å². The lowest BCUT2D eigenvalue weighted by Gasteiger charge is -2.54. The Morgan fingerprint density at radius 2 is 1.69 bits per heavy atom. The number of likely N-dealkylation sites (tertiary alicyclic amines) is 1. The van der Waals surface area contributed by atoms with Gasteiger partial charge in [-0.1, -0.05) is 73.9 Å². The van der Waals surface area contributed by atoms with E-state index in [0.29, 0.717) is 25.8 Å². The summed E-state index contributed by atoms with van der Waals surface area (Å²) in [5.74, 6) is -0.377. The second kappa shape index (κ2) is 8.38. The molecular weight excluding hydrogens is 403 g/mol. The van der Waals surface area contributed by atoms with Gasteiger partial charge in [0.05, 0.1) is 12.5 Å². The fraction of sp³-hybridized carbons (Fsp3) is 0.333. The molecule has 1 atom stereocenters. The van der Waals surface area contributed by atoms with Crippen LogP contribution in [0.3, 0.4) is 0 Å². The normalized spacial score (nSPS) is 20.1. The van der Waals surface area contributed by atoms with E-state index in [9.17, 15) is 14.0 Å². The third-order valence-corrected chi connectivity index (χ3v) is 7.09. The number of halogens is 1. The average Bonchev–Trinajstić information content (AvgIpc) is 2.82. The molecule has 2 aliphatic rings. The van der Waals surface area contributed by atoms with E-state index in [1.807, 2.05) is 24.3 Å². The van der Waals surface area contributed by atoms with Crippen LogP contribution in [0.5, 0.6) is 0 Å². The number of amides is 2. The molecule has 1 saturated carbocycles. The van der Waals surface area contributed by atoms with Crippen molar-refractivity contribution < 1.29 is 14.0 Å². The summed E-state index contributed by atoms with van der Waals surface area (Å²) < 4.78 is 13.4. The van der Waals surface area contributed by atoms with Crippen LogP contribution < -0.4 is 5.32 Å². The number of hydrogen-bond acceptors (Lipinski definition) is 2. The van der Waals surface area contributed by atoms with Gasteiger partial charge in [-0.2, -0.15) is 0 Å². The van der Waals surface area contributed by atoms with Crippen LogP contribution in [-0.2, 0) is 16.1 Å². The molecular formula is C27H27FN2O2. The summed E-state index contributed by atoms with van der Waals surface area (Å²) in [6.07, 6.45) is 4.60. The first-order valence-corrected chi connectivity index (χ1v) is 11.4. The largest absolute Gasteiger partial charge is 0.350 e. The SMILES string of the molecule is O=C1CC(c2ccc(F)cc2)N1C1(C(=O)NCc2cccc3ccccc23)CCCCC1. The van der Waals surface area contributed by atoms with Gasteiger partial charge in [-0.25, -0.2) is 4.39 Å². The number of carbonyl (C=O) groups excluding carboxylic acids is 2. The van der Waals surface area contributed by atoms with Gasteiger partial charge >= 0.3 is 0 Å². The third kappa shape index (κ3) is 3.56. The molecule has 0 bridgehead atoms. The first-order valence-electron chi connectivity index (χ1n) is 11.4. The molecule has 1 aliphatic heterocycles. The minimum atomic E-state index is -0.836. The zero-order chi connectivity index (χ0) is 22.1. The lowest BCUT2D eigenvalue weighted by molar-refractivity contribution is -0.168. The van der Waals surface area contributed by atoms with Crippen LogP contribution in [0.2, 0.25) is 0 Å². The molecule has 2 fully saturated rings. The van der Waals surface area contributed by atoms with Crippen LogP contribution in [0.15, 0.2) is 66.7 Å². The van der Waals surface area contributed by atoms with Gasteiger partial charge < -0.3 is 10.2 Å². The maximum absolute atomic E-state index is 13.7. The fourth-order valence-electron chi connectivity index (χ4n) is 5.41. The first-order chi connectivity index (χ1) is 15.6. The molecule has 0 spiro atoms. The van der Waals surface area contributed by atoms with Crippen molar-refractivity contribution in [3.8, 4) is 0 Å². The molecule has 3 aromatic carbocycles. The van der Waals surface area contributed by atoms with Crippen LogP contribution in [-0.4, -0.2) is 22.3 Å². The quantitative estimate of drug-likeness (QED) is 0.561. The Morgan fingerprint density at radius 3 is 2.44 bits per heavy atom. The highest BCUT2D eigenvalue weighted by molar-refractivity contribution is 5.95. The number of rotatable bonds is 5. The summed E-state index contributed by atoms with van der Waals surface area (Å²) in [4.78, 5) is 28.3. The smallest absolute Gasteiger partial charge is 0.246 e. The molecule has 3 aromatic rings. The minimum Gasteiger partial charge on any atom is -0.350 e. The molecule has 0 radical (unpaired) electrons. The van der Waals surface area contributed by atoms with E-state index in [4.69, 9.17) is 0 Å². The number of nitrogens with one attached hydrogen (secondary N) is 1. The maximum Gasteiger partial charge on any atom is 0.246 e. The van der Waals surface area contributed by atoms with Gasteiger partial charge in [0.2, 0.25) is 11.8 Å². The van der Waals surface area contributed by atoms with Crippen LogP contribution in [0, 0.1) is 5.82 Å². The molecule has 1 aliphatic carbocycles. The predicted octanol–water partition coefficient (Wildman–Crippen LogP) is 5.27. The van der Waals surface area contributed by atoms with Crippen LogP contribution >= 0.6 is 0 Å². The second-order valence-corrected chi connectivity index (χ2v) is 8.95. The molecule has 164 valence electrons. The Morgan fingerprint density at radius 1 is 0.969 bits per heavy atom. The van der Waals surface area contributed by atoms with Crippen molar-refractivity contribution in [2.75, 3.05) is 0 Å². The van der Waals surface area contributed by atoms with Gasteiger partial charge in [-0.05, 0) is 46.9 Å². The van der Waals surface area contributed by atoms with E-state index in [2.05, 4.69) is 23.5 Å². The highest BCUT2D eigenvalue weighted by atomic mass is 19.1. The molecule has 4 nitrogen and oxygen atoms in total. The summed E-state index contributed by atoms with van der Waals surface area (Å²) in [5, 5.41) is 5.42. The first kappa shape index (κ1) is 20.7. The average molecular weight is 431 g/mol. The summed E-state index contributed by atoms with van der Waals surface area (Å²) in [7, 11) is 0. The highest BCUT2D eigenvalue weighted by Crippen LogP contribution is 2.46. The van der Waals surface area contributed by atoms with E-state index in [0.717, 1.165) is 41.2 Å². The Labute approximate surface area is 187 Å². The van der Waals surface area contributed by atoms with E-state index in [1.165, 1.54) is 12.1 Å². The number of carbonyl (C=O) groups is 2. The summed E-state index contributed by atoms with van der Waals surface area (Å²) >= 11 is 0. The lowest BCUT2D eigenvalue weighted by Crippen LogP contribution is -2.66. The van der Waals surface area contributed by atoms with Crippen molar-refractivity contribution in [1.29, 1.82) is 0 Å². The molecule has 0 aromatic heterocycles. The van der Waals surface area contributed by atoms with Crippen molar-refractivity contribution in [2.45, 2.75) is 56.7 Å². The van der Waals surface area contributed by atoms with Crippen molar-refractivity contribution in [1.82, 2.24) is 10.2 Å². The zero-order valence-electron chi connectivity index (χ0n) is 18.0.